The van der Waals surface area contributed by atoms with Crippen LogP contribution in [0.15, 0.2) is 43.0 Å². The fourth-order valence-electron chi connectivity index (χ4n) is 3.99. The number of methoxy groups -OCH3 is 1. The Balaban J connectivity index is 1.49. The number of nitrogens with one attached hydrogen (secondary N) is 2. The Labute approximate surface area is 177 Å². The van der Waals surface area contributed by atoms with Crippen LogP contribution in [0.25, 0.3) is 5.82 Å². The number of anilines is 3. The quantitative estimate of drug-likeness (QED) is 0.590. The standard InChI is InChI=1S/C22H29N7O/c1-4-28-8-5-6-18(28)14-24-20-13-21(26-15-25-20)29-9-7-23-22(29)27-17-10-16(2)11-19(12-17)30-3/h7,9-13,15,18H,4-6,8,14H2,1-3H3,(H,23,27)(H,24,25,26). The van der Waals surface area contributed by atoms with E-state index in [1.807, 2.05) is 35.9 Å². The predicted octanol–water partition coefficient (Wildman–Crippen LogP) is 3.62. The molecular formula is C22H29N7O. The van der Waals surface area contributed by atoms with Crippen molar-refractivity contribution in [1.82, 2.24) is 24.4 Å². The van der Waals surface area contributed by atoms with Crippen molar-refractivity contribution in [2.75, 3.05) is 37.4 Å². The van der Waals surface area contributed by atoms with Gasteiger partial charge in [-0.25, -0.2) is 15.0 Å². The lowest BCUT2D eigenvalue weighted by molar-refractivity contribution is 0.277. The van der Waals surface area contributed by atoms with Crippen LogP contribution in [0, 0.1) is 6.92 Å². The Morgan fingerprint density at radius 1 is 1.17 bits per heavy atom. The van der Waals surface area contributed by atoms with Crippen molar-refractivity contribution in [1.29, 1.82) is 0 Å². The number of likely N-dealkylation sites (tertiary alicyclic amines) is 1. The Bertz CT molecular complexity index is 987. The summed E-state index contributed by atoms with van der Waals surface area (Å²) in [5, 5.41) is 6.84. The van der Waals surface area contributed by atoms with Crippen LogP contribution in [-0.4, -0.2) is 57.2 Å². The third kappa shape index (κ3) is 4.54. The zero-order valence-corrected chi connectivity index (χ0v) is 17.8. The summed E-state index contributed by atoms with van der Waals surface area (Å²) in [4.78, 5) is 15.8. The molecule has 1 aliphatic heterocycles. The lowest BCUT2D eigenvalue weighted by Crippen LogP contribution is -2.34. The Morgan fingerprint density at radius 3 is 2.90 bits per heavy atom. The fourth-order valence-corrected chi connectivity index (χ4v) is 3.99. The van der Waals surface area contributed by atoms with E-state index in [0.717, 1.165) is 41.7 Å². The number of aromatic nitrogens is 4. The Kier molecular flexibility index (Phi) is 6.13. The zero-order valence-electron chi connectivity index (χ0n) is 17.8. The van der Waals surface area contributed by atoms with Crippen molar-refractivity contribution in [3.05, 3.63) is 48.5 Å². The number of hydrogen-bond donors (Lipinski definition) is 2. The van der Waals surface area contributed by atoms with E-state index in [1.165, 1.54) is 19.4 Å². The lowest BCUT2D eigenvalue weighted by Gasteiger charge is -2.23. The largest absolute Gasteiger partial charge is 0.497 e. The number of nitrogens with zero attached hydrogens (tertiary/aromatic N) is 5. The summed E-state index contributed by atoms with van der Waals surface area (Å²) < 4.78 is 7.28. The summed E-state index contributed by atoms with van der Waals surface area (Å²) in [6, 6.07) is 8.50. The second kappa shape index (κ2) is 9.13. The SMILES string of the molecule is CCN1CCCC1CNc1cc(-n2ccnc2Nc2cc(C)cc(OC)c2)ncn1. The van der Waals surface area contributed by atoms with E-state index in [-0.39, 0.29) is 0 Å². The Morgan fingerprint density at radius 2 is 2.07 bits per heavy atom. The molecule has 3 aromatic rings. The maximum Gasteiger partial charge on any atom is 0.213 e. The molecule has 1 aromatic carbocycles. The van der Waals surface area contributed by atoms with Gasteiger partial charge in [-0.05, 0) is 50.6 Å². The van der Waals surface area contributed by atoms with Gasteiger partial charge in [-0.3, -0.25) is 9.47 Å². The van der Waals surface area contributed by atoms with Crippen LogP contribution < -0.4 is 15.4 Å². The second-order valence-corrected chi connectivity index (χ2v) is 7.55. The van der Waals surface area contributed by atoms with Gasteiger partial charge in [0.25, 0.3) is 0 Å². The van der Waals surface area contributed by atoms with Crippen LogP contribution in [0.3, 0.4) is 0 Å². The van der Waals surface area contributed by atoms with Crippen LogP contribution >= 0.6 is 0 Å². The van der Waals surface area contributed by atoms with Gasteiger partial charge in [0.2, 0.25) is 5.95 Å². The molecule has 0 bridgehead atoms. The van der Waals surface area contributed by atoms with Crippen LogP contribution in [0.2, 0.25) is 0 Å². The maximum atomic E-state index is 5.37. The van der Waals surface area contributed by atoms with Gasteiger partial charge in [-0.15, -0.1) is 0 Å². The van der Waals surface area contributed by atoms with Crippen LogP contribution in [0.5, 0.6) is 5.75 Å². The predicted molar refractivity (Wildman–Crippen MR) is 119 cm³/mol. The molecule has 1 atom stereocenters. The molecule has 1 unspecified atom stereocenters. The van der Waals surface area contributed by atoms with Crippen LogP contribution in [0.1, 0.15) is 25.3 Å². The molecule has 0 radical (unpaired) electrons. The normalized spacial score (nSPS) is 16.6. The first-order valence-electron chi connectivity index (χ1n) is 10.4. The molecule has 2 aromatic heterocycles. The highest BCUT2D eigenvalue weighted by molar-refractivity contribution is 5.59. The van der Waals surface area contributed by atoms with E-state index in [4.69, 9.17) is 4.74 Å². The maximum absolute atomic E-state index is 5.37. The highest BCUT2D eigenvalue weighted by atomic mass is 16.5. The third-order valence-electron chi connectivity index (χ3n) is 5.51. The van der Waals surface area contributed by atoms with Gasteiger partial charge in [0.1, 0.15) is 23.7 Å². The lowest BCUT2D eigenvalue weighted by atomic mass is 10.2. The van der Waals surface area contributed by atoms with Gasteiger partial charge >= 0.3 is 0 Å². The number of imidazole rings is 1. The molecule has 3 heterocycles. The van der Waals surface area contributed by atoms with Gasteiger partial charge in [-0.1, -0.05) is 6.92 Å². The van der Waals surface area contributed by atoms with Crippen molar-refractivity contribution < 1.29 is 4.74 Å². The summed E-state index contributed by atoms with van der Waals surface area (Å²) in [7, 11) is 1.67. The molecule has 4 rings (SSSR count). The first-order valence-corrected chi connectivity index (χ1v) is 10.4. The molecule has 0 amide bonds. The van der Waals surface area contributed by atoms with Crippen LogP contribution in [-0.2, 0) is 0 Å². The van der Waals surface area contributed by atoms with Gasteiger partial charge in [-0.2, -0.15) is 0 Å². The second-order valence-electron chi connectivity index (χ2n) is 7.55. The minimum absolute atomic E-state index is 0.565. The first-order chi connectivity index (χ1) is 14.7. The van der Waals surface area contributed by atoms with Crippen LogP contribution in [0.4, 0.5) is 17.5 Å². The molecule has 30 heavy (non-hydrogen) atoms. The molecule has 1 fully saturated rings. The molecule has 2 N–H and O–H groups in total. The van der Waals surface area contributed by atoms with Gasteiger partial charge in [0, 0.05) is 42.8 Å². The van der Waals surface area contributed by atoms with E-state index in [9.17, 15) is 0 Å². The summed E-state index contributed by atoms with van der Waals surface area (Å²) in [6.07, 6.45) is 7.72. The molecule has 0 aliphatic carbocycles. The number of benzene rings is 1. The smallest absolute Gasteiger partial charge is 0.213 e. The Hall–Kier alpha value is -3.13. The number of hydrogen-bond acceptors (Lipinski definition) is 7. The minimum atomic E-state index is 0.565. The molecule has 158 valence electrons. The number of ether oxygens (including phenoxy) is 1. The highest BCUT2D eigenvalue weighted by Crippen LogP contribution is 2.24. The molecular weight excluding hydrogens is 378 g/mol. The molecule has 0 spiro atoms. The van der Waals surface area contributed by atoms with Crippen molar-refractivity contribution >= 4 is 17.5 Å². The van der Waals surface area contributed by atoms with E-state index in [1.54, 1.807) is 19.6 Å². The molecule has 0 saturated carbocycles. The number of likely N-dealkylation sites (N-methyl/N-ethyl adjacent to an activating group) is 1. The van der Waals surface area contributed by atoms with E-state index >= 15 is 0 Å². The number of aryl methyl sites for hydroxylation is 1. The summed E-state index contributed by atoms with van der Waals surface area (Å²) >= 11 is 0. The summed E-state index contributed by atoms with van der Waals surface area (Å²) in [5.41, 5.74) is 2.02. The highest BCUT2D eigenvalue weighted by Gasteiger charge is 2.22. The van der Waals surface area contributed by atoms with E-state index in [2.05, 4.69) is 43.5 Å². The monoisotopic (exact) mass is 407 g/mol. The summed E-state index contributed by atoms with van der Waals surface area (Å²) in [5.74, 6) is 3.06. The molecule has 1 aliphatic rings. The van der Waals surface area contributed by atoms with E-state index < -0.39 is 0 Å². The first kappa shape index (κ1) is 20.2. The van der Waals surface area contributed by atoms with Crippen molar-refractivity contribution in [2.45, 2.75) is 32.7 Å². The topological polar surface area (TPSA) is 80.1 Å². The molecule has 8 heteroatoms. The number of rotatable bonds is 8. The minimum Gasteiger partial charge on any atom is -0.497 e. The van der Waals surface area contributed by atoms with Gasteiger partial charge in [0.05, 0.1) is 7.11 Å². The van der Waals surface area contributed by atoms with E-state index in [0.29, 0.717) is 12.0 Å². The average molecular weight is 408 g/mol. The van der Waals surface area contributed by atoms with Crippen molar-refractivity contribution in [3.63, 3.8) is 0 Å². The third-order valence-corrected chi connectivity index (χ3v) is 5.51. The van der Waals surface area contributed by atoms with Crippen molar-refractivity contribution in [3.8, 4) is 11.6 Å². The van der Waals surface area contributed by atoms with Gasteiger partial charge < -0.3 is 15.4 Å². The molecule has 8 nitrogen and oxygen atoms in total. The summed E-state index contributed by atoms with van der Waals surface area (Å²) in [6.45, 7) is 7.42. The molecule has 1 saturated heterocycles. The average Bonchev–Trinajstić information content (AvgIpc) is 3.41. The fraction of sp³-hybridized carbons (Fsp3) is 0.409. The zero-order chi connectivity index (χ0) is 20.9. The van der Waals surface area contributed by atoms with Gasteiger partial charge in [0.15, 0.2) is 0 Å². The van der Waals surface area contributed by atoms with Crippen molar-refractivity contribution in [2.24, 2.45) is 0 Å².